The van der Waals surface area contributed by atoms with E-state index in [1.165, 1.54) is 0 Å². The van der Waals surface area contributed by atoms with Gasteiger partial charge in [0.15, 0.2) is 0 Å². The standard InChI is InChI=1S/C36H45N3O4/c1-8-11-16-23-39(34(41)31(25(4)9-2)38-35(42)43-36(5,6)7)32(30-20-15-14-17-26(30)10-3)33(40)37-29-22-21-27-18-12-13-19-28(27)24-29/h3,12-15,17-22,24-25,31-32H,8-9,11,16,23H2,1-2,4-7H3,(H,37,40)(H,38,42). The average molecular weight is 584 g/mol. The second-order valence-corrected chi connectivity index (χ2v) is 11.9. The fourth-order valence-corrected chi connectivity index (χ4v) is 4.99. The number of nitrogens with one attached hydrogen (secondary N) is 2. The number of hydrogen-bond donors (Lipinski definition) is 2. The van der Waals surface area contributed by atoms with Crippen LogP contribution in [0.1, 0.15) is 84.4 Å². The molecule has 0 saturated carbocycles. The van der Waals surface area contributed by atoms with Crippen LogP contribution in [0.25, 0.3) is 10.8 Å². The molecule has 43 heavy (non-hydrogen) atoms. The van der Waals surface area contributed by atoms with Crippen LogP contribution in [0.5, 0.6) is 0 Å². The van der Waals surface area contributed by atoms with Crippen LogP contribution >= 0.6 is 0 Å². The molecule has 3 aromatic carbocycles. The molecule has 3 unspecified atom stereocenters. The third-order valence-electron chi connectivity index (χ3n) is 7.42. The van der Waals surface area contributed by atoms with Crippen LogP contribution in [-0.2, 0) is 14.3 Å². The molecule has 3 aromatic rings. The van der Waals surface area contributed by atoms with Gasteiger partial charge in [-0.2, -0.15) is 0 Å². The van der Waals surface area contributed by atoms with Gasteiger partial charge in [-0.05, 0) is 67.6 Å². The van der Waals surface area contributed by atoms with Crippen LogP contribution in [-0.4, -0.2) is 41.0 Å². The quantitative estimate of drug-likeness (QED) is 0.171. The molecule has 0 spiro atoms. The maximum absolute atomic E-state index is 14.5. The summed E-state index contributed by atoms with van der Waals surface area (Å²) in [6.45, 7) is 11.6. The van der Waals surface area contributed by atoms with Crippen molar-refractivity contribution < 1.29 is 19.1 Å². The number of carbonyl (C=O) groups excluding carboxylic acids is 3. The Labute approximate surface area is 256 Å². The lowest BCUT2D eigenvalue weighted by atomic mass is 9.94. The van der Waals surface area contributed by atoms with E-state index >= 15 is 0 Å². The lowest BCUT2D eigenvalue weighted by Gasteiger charge is -2.36. The molecular formula is C36H45N3O4. The van der Waals surface area contributed by atoms with E-state index < -0.39 is 23.8 Å². The maximum atomic E-state index is 14.5. The topological polar surface area (TPSA) is 87.7 Å². The molecular weight excluding hydrogens is 538 g/mol. The van der Waals surface area contributed by atoms with Crippen LogP contribution in [0.4, 0.5) is 10.5 Å². The van der Waals surface area contributed by atoms with Gasteiger partial charge in [0.25, 0.3) is 5.91 Å². The van der Waals surface area contributed by atoms with Crippen molar-refractivity contribution in [3.63, 3.8) is 0 Å². The molecule has 0 aliphatic carbocycles. The molecule has 2 N–H and O–H groups in total. The Bertz CT molecular complexity index is 1450. The summed E-state index contributed by atoms with van der Waals surface area (Å²) in [6, 6.07) is 18.8. The number of unbranched alkanes of at least 4 members (excludes halogenated alkanes) is 2. The van der Waals surface area contributed by atoms with Crippen LogP contribution < -0.4 is 10.6 Å². The number of terminal acetylenes is 1. The summed E-state index contributed by atoms with van der Waals surface area (Å²) < 4.78 is 5.51. The van der Waals surface area contributed by atoms with Gasteiger partial charge in [-0.3, -0.25) is 9.59 Å². The van der Waals surface area contributed by atoms with Crippen LogP contribution in [0.3, 0.4) is 0 Å². The van der Waals surface area contributed by atoms with Crippen molar-refractivity contribution in [2.75, 3.05) is 11.9 Å². The smallest absolute Gasteiger partial charge is 0.408 e. The summed E-state index contributed by atoms with van der Waals surface area (Å²) in [5.41, 5.74) is 0.947. The predicted molar refractivity (Wildman–Crippen MR) is 174 cm³/mol. The van der Waals surface area contributed by atoms with E-state index in [2.05, 4.69) is 23.5 Å². The maximum Gasteiger partial charge on any atom is 0.408 e. The molecule has 3 rings (SSSR count). The van der Waals surface area contributed by atoms with Gasteiger partial charge in [0.05, 0.1) is 0 Å². The zero-order valence-electron chi connectivity index (χ0n) is 26.3. The van der Waals surface area contributed by atoms with E-state index in [1.807, 2.05) is 68.4 Å². The number of anilines is 1. The number of hydrogen-bond acceptors (Lipinski definition) is 4. The number of nitrogens with zero attached hydrogens (tertiary/aromatic N) is 1. The van der Waals surface area contributed by atoms with Crippen molar-refractivity contribution in [3.8, 4) is 12.3 Å². The van der Waals surface area contributed by atoms with Gasteiger partial charge in [0.2, 0.25) is 5.91 Å². The Morgan fingerprint density at radius 3 is 2.28 bits per heavy atom. The van der Waals surface area contributed by atoms with Gasteiger partial charge >= 0.3 is 6.09 Å². The van der Waals surface area contributed by atoms with Crippen LogP contribution in [0, 0.1) is 18.3 Å². The third kappa shape index (κ3) is 9.09. The lowest BCUT2D eigenvalue weighted by molar-refractivity contribution is -0.142. The molecule has 0 saturated heterocycles. The summed E-state index contributed by atoms with van der Waals surface area (Å²) in [4.78, 5) is 43.3. The van der Waals surface area contributed by atoms with E-state index in [4.69, 9.17) is 11.2 Å². The first kappa shape index (κ1) is 33.2. The van der Waals surface area contributed by atoms with E-state index in [0.29, 0.717) is 36.2 Å². The van der Waals surface area contributed by atoms with E-state index in [1.54, 1.807) is 37.8 Å². The largest absolute Gasteiger partial charge is 0.444 e. The zero-order chi connectivity index (χ0) is 31.6. The van der Waals surface area contributed by atoms with Crippen molar-refractivity contribution >= 4 is 34.4 Å². The Balaban J connectivity index is 2.09. The molecule has 7 nitrogen and oxygen atoms in total. The van der Waals surface area contributed by atoms with Gasteiger partial charge in [0, 0.05) is 17.8 Å². The molecule has 3 amide bonds. The SMILES string of the molecule is C#Cc1ccccc1C(C(=O)Nc1ccc2ccccc2c1)N(CCCCC)C(=O)C(NC(=O)OC(C)(C)C)C(C)CC. The van der Waals surface area contributed by atoms with Crippen molar-refractivity contribution in [3.05, 3.63) is 77.9 Å². The van der Waals surface area contributed by atoms with E-state index in [-0.39, 0.29) is 17.7 Å². The minimum Gasteiger partial charge on any atom is -0.444 e. The summed E-state index contributed by atoms with van der Waals surface area (Å²) in [7, 11) is 0. The monoisotopic (exact) mass is 583 g/mol. The van der Waals surface area contributed by atoms with Crippen molar-refractivity contribution in [2.45, 2.75) is 84.9 Å². The first-order valence-corrected chi connectivity index (χ1v) is 15.1. The highest BCUT2D eigenvalue weighted by Gasteiger charge is 2.38. The molecule has 0 radical (unpaired) electrons. The Hall–Kier alpha value is -4.31. The molecule has 0 heterocycles. The van der Waals surface area contributed by atoms with Crippen molar-refractivity contribution in [2.24, 2.45) is 5.92 Å². The number of fused-ring (bicyclic) bond motifs is 1. The Morgan fingerprint density at radius 2 is 1.63 bits per heavy atom. The second kappa shape index (κ2) is 15.2. The first-order valence-electron chi connectivity index (χ1n) is 15.1. The zero-order valence-corrected chi connectivity index (χ0v) is 26.3. The first-order chi connectivity index (χ1) is 20.5. The highest BCUT2D eigenvalue weighted by Crippen LogP contribution is 2.29. The minimum absolute atomic E-state index is 0.222. The van der Waals surface area contributed by atoms with E-state index in [0.717, 1.165) is 23.6 Å². The molecule has 0 aliphatic rings. The third-order valence-corrected chi connectivity index (χ3v) is 7.42. The van der Waals surface area contributed by atoms with Gasteiger partial charge in [-0.1, -0.05) is 94.5 Å². The Morgan fingerprint density at radius 1 is 0.953 bits per heavy atom. The molecule has 0 fully saturated rings. The molecule has 228 valence electrons. The summed E-state index contributed by atoms with van der Waals surface area (Å²) in [5.74, 6) is 1.73. The highest BCUT2D eigenvalue weighted by atomic mass is 16.6. The minimum atomic E-state index is -1.03. The fraction of sp³-hybridized carbons (Fsp3) is 0.417. The van der Waals surface area contributed by atoms with Gasteiger partial charge in [0.1, 0.15) is 17.7 Å². The lowest BCUT2D eigenvalue weighted by Crippen LogP contribution is -2.55. The number of carbonyl (C=O) groups is 3. The second-order valence-electron chi connectivity index (χ2n) is 11.9. The summed E-state index contributed by atoms with van der Waals surface area (Å²) in [6.07, 6.45) is 8.33. The number of benzene rings is 3. The summed E-state index contributed by atoms with van der Waals surface area (Å²) in [5, 5.41) is 7.90. The number of alkyl carbamates (subject to hydrolysis) is 1. The average Bonchev–Trinajstić information content (AvgIpc) is 2.98. The van der Waals surface area contributed by atoms with Crippen molar-refractivity contribution in [1.29, 1.82) is 0 Å². The van der Waals surface area contributed by atoms with Gasteiger partial charge in [-0.25, -0.2) is 4.79 Å². The van der Waals surface area contributed by atoms with Gasteiger partial charge < -0.3 is 20.3 Å². The van der Waals surface area contributed by atoms with Crippen LogP contribution in [0.2, 0.25) is 0 Å². The number of amides is 3. The molecule has 3 atom stereocenters. The predicted octanol–water partition coefficient (Wildman–Crippen LogP) is 7.46. The van der Waals surface area contributed by atoms with E-state index in [9.17, 15) is 14.4 Å². The normalized spacial score (nSPS) is 13.3. The van der Waals surface area contributed by atoms with Crippen LogP contribution in [0.15, 0.2) is 66.7 Å². The fourth-order valence-electron chi connectivity index (χ4n) is 4.99. The molecule has 0 bridgehead atoms. The summed E-state index contributed by atoms with van der Waals surface area (Å²) >= 11 is 0. The highest BCUT2D eigenvalue weighted by molar-refractivity contribution is 6.00. The molecule has 0 aromatic heterocycles. The molecule has 7 heteroatoms. The van der Waals surface area contributed by atoms with Gasteiger partial charge in [-0.15, -0.1) is 6.42 Å². The Kier molecular flexibility index (Phi) is 11.8. The van der Waals surface area contributed by atoms with Crippen molar-refractivity contribution in [1.82, 2.24) is 10.2 Å². The number of ether oxygens (including phenoxy) is 1. The number of rotatable bonds is 12. The molecule has 0 aliphatic heterocycles.